The van der Waals surface area contributed by atoms with Gasteiger partial charge in [-0.05, 0) is 264 Å². The highest BCUT2D eigenvalue weighted by Gasteiger charge is 2.63. The normalized spacial score (nSPS) is 24.2. The van der Waals surface area contributed by atoms with Crippen LogP contribution in [0.4, 0.5) is 45.8 Å². The van der Waals surface area contributed by atoms with E-state index in [9.17, 15) is 32.1 Å². The number of likely N-dealkylation sites (tertiary alicyclic amines) is 2. The number of anilines is 4. The van der Waals surface area contributed by atoms with Gasteiger partial charge < -0.3 is 118 Å². The van der Waals surface area contributed by atoms with E-state index in [1.807, 2.05) is 95.8 Å². The predicted molar refractivity (Wildman–Crippen MR) is 570 cm³/mol. The summed E-state index contributed by atoms with van der Waals surface area (Å²) in [7, 11) is -2.19. The number of amides is 4. The summed E-state index contributed by atoms with van der Waals surface area (Å²) in [6.45, 7) is 37.5. The van der Waals surface area contributed by atoms with Crippen molar-refractivity contribution < 1.29 is 109 Å². The molecule has 788 valence electrons. The lowest BCUT2D eigenvalue weighted by Gasteiger charge is -2.32. The van der Waals surface area contributed by atoms with Crippen molar-refractivity contribution >= 4 is 177 Å². The van der Waals surface area contributed by atoms with Crippen LogP contribution in [0.2, 0.25) is 40.7 Å². The lowest BCUT2D eigenvalue weighted by molar-refractivity contribution is -0.143. The number of pyridine rings is 5. The van der Waals surface area contributed by atoms with Crippen molar-refractivity contribution in [1.82, 2.24) is 34.7 Å². The average molecular weight is 2300 g/mol. The molecule has 9 N–H and O–H groups in total. The van der Waals surface area contributed by atoms with Crippen molar-refractivity contribution in [2.24, 2.45) is 35.3 Å². The second-order valence-corrected chi connectivity index (χ2v) is 47.5. The fourth-order valence-electron chi connectivity index (χ4n) is 17.2. The van der Waals surface area contributed by atoms with Gasteiger partial charge in [-0.15, -0.1) is 4.21 Å². The van der Waals surface area contributed by atoms with Gasteiger partial charge in [0.15, 0.2) is 0 Å². The molecule has 11 atom stereocenters. The smallest absolute Gasteiger partial charge is 0.495 e. The van der Waals surface area contributed by atoms with E-state index < -0.39 is 52.8 Å². The number of rotatable bonds is 18. The number of hydrogen-bond acceptors (Lipinski definition) is 23. The molecular weight excluding hydrogens is 2160 g/mol. The third kappa shape index (κ3) is 34.1. The molecule has 5 aromatic heterocycles. The lowest BCUT2D eigenvalue weighted by Crippen LogP contribution is -3.00. The maximum atomic E-state index is 12.9. The average Bonchev–Trinajstić information content (AvgIpc) is 1.56. The minimum Gasteiger partial charge on any atom is -1.00 e. The second-order valence-electron chi connectivity index (χ2n) is 40.8. The first-order valence-corrected chi connectivity index (χ1v) is 53.2. The van der Waals surface area contributed by atoms with Crippen LogP contribution in [0.25, 0.3) is 16.7 Å². The molecule has 14 heterocycles. The fraction of sp³-hybridized carbons (Fsp3) is 0.570. The first kappa shape index (κ1) is 121. The Balaban J connectivity index is 0.000000189. The number of benzene rings is 2. The molecule has 43 heteroatoms. The molecule has 143 heavy (non-hydrogen) atoms. The van der Waals surface area contributed by atoms with E-state index in [-0.39, 0.29) is 123 Å². The van der Waals surface area contributed by atoms with Gasteiger partial charge >= 0.3 is 32.5 Å². The van der Waals surface area contributed by atoms with Crippen LogP contribution < -0.4 is 56.4 Å². The number of aryl methyl sites for hydroxylation is 2. The second kappa shape index (κ2) is 52.2. The van der Waals surface area contributed by atoms with Crippen LogP contribution in [0, 0.1) is 43.4 Å². The number of fused-ring (bicyclic) bond motifs is 3. The van der Waals surface area contributed by atoms with Crippen molar-refractivity contribution in [1.29, 1.82) is 0 Å². The molecule has 12 aliphatic rings. The van der Waals surface area contributed by atoms with E-state index >= 15 is 0 Å². The number of ether oxygens (including phenoxy) is 5. The highest BCUT2D eigenvalue weighted by Crippen LogP contribution is 2.60. The number of urea groups is 2. The Labute approximate surface area is 905 Å². The topological polar surface area (TPSA) is 340 Å². The lowest BCUT2D eigenvalue weighted by atomic mass is 9.76. The zero-order valence-electron chi connectivity index (χ0n) is 84.0. The van der Waals surface area contributed by atoms with Gasteiger partial charge in [-0.25, -0.2) is 34.5 Å². The zero-order chi connectivity index (χ0) is 103. The minimum atomic E-state index is -4.20. The van der Waals surface area contributed by atoms with Gasteiger partial charge in [0.2, 0.25) is 0 Å². The molecular formula is C100H136B2Cl8F3IN12O15S2. The summed E-state index contributed by atoms with van der Waals surface area (Å²) in [6, 6.07) is 28.9. The molecule has 0 radical (unpaired) electrons. The number of aliphatic hydroxyl groups excluding tert-OH is 3. The van der Waals surface area contributed by atoms with E-state index in [1.54, 1.807) is 62.1 Å². The van der Waals surface area contributed by atoms with Crippen molar-refractivity contribution in [3.05, 3.63) is 189 Å². The maximum Gasteiger partial charge on any atom is 0.495 e. The largest absolute Gasteiger partial charge is 1.00 e. The number of nitrogens with two attached hydrogens (primary N) is 1. The first-order valence-electron chi connectivity index (χ1n) is 47.4. The van der Waals surface area contributed by atoms with Gasteiger partial charge in [-0.1, -0.05) is 136 Å². The summed E-state index contributed by atoms with van der Waals surface area (Å²) >= 11 is 46.1. The summed E-state index contributed by atoms with van der Waals surface area (Å²) in [6.07, 6.45) is 10.1. The Morgan fingerprint density at radius 2 is 0.937 bits per heavy atom. The van der Waals surface area contributed by atoms with E-state index in [0.717, 1.165) is 157 Å². The van der Waals surface area contributed by atoms with Gasteiger partial charge in [-0.2, -0.15) is 26.7 Å². The summed E-state index contributed by atoms with van der Waals surface area (Å²) in [5.41, 5.74) is 16.3. The van der Waals surface area contributed by atoms with Crippen molar-refractivity contribution in [2.45, 2.75) is 205 Å². The highest BCUT2D eigenvalue weighted by molar-refractivity contribution is 8.01. The molecule has 2 aromatic carbocycles. The van der Waals surface area contributed by atoms with Gasteiger partial charge in [-0.3, -0.25) is 0 Å². The number of alkyl halides is 3. The number of aromatic nitrogens is 5. The van der Waals surface area contributed by atoms with Crippen LogP contribution >= 0.6 is 106 Å². The molecule has 0 spiro atoms. The third-order valence-corrected chi connectivity index (χ3v) is 28.8. The first-order chi connectivity index (χ1) is 66.2. The third-order valence-electron chi connectivity index (χ3n) is 27.2. The maximum absolute atomic E-state index is 12.9. The van der Waals surface area contributed by atoms with Crippen molar-refractivity contribution in [3.63, 3.8) is 0 Å². The van der Waals surface area contributed by atoms with Crippen LogP contribution in [0.1, 0.15) is 162 Å². The minimum absolute atomic E-state index is 0. The number of nitrogens with zero attached hydrogens (tertiary/aromatic N) is 7. The molecule has 19 rings (SSSR count). The Hall–Kier alpha value is -5.24. The van der Waals surface area contributed by atoms with Gasteiger partial charge in [0, 0.05) is 104 Å². The molecule has 6 unspecified atom stereocenters. The summed E-state index contributed by atoms with van der Waals surface area (Å²) < 4.78 is 99.0. The van der Waals surface area contributed by atoms with E-state index in [4.69, 9.17) is 156 Å². The molecule has 10 fully saturated rings. The van der Waals surface area contributed by atoms with Crippen LogP contribution in [0.15, 0.2) is 115 Å². The summed E-state index contributed by atoms with van der Waals surface area (Å²) in [4.78, 5) is 50.4. The summed E-state index contributed by atoms with van der Waals surface area (Å²) in [5, 5.41) is 43.0. The number of halogens is 12. The Morgan fingerprint density at radius 3 is 1.34 bits per heavy atom. The molecule has 7 aromatic rings. The number of aliphatic hydroxyl groups is 3. The molecule has 3 saturated carbocycles. The number of hydrogen-bond donors (Lipinski definition) is 8. The molecule has 27 nitrogen and oxygen atoms in total. The standard InChI is InChI=1S/C27H36N4O3.C20H28BF3N2O3.C13H17ClN2O2.C10H17BO3.C10H9Cl2NO.C9H7Cl2NO.C5H2Cl3N.C3H9NO.C3H9OS.HI.H2S/c1-4-19-7-8-31(13-19)26(33)29-22-6-5-17(2)23(11-22)20-9-24(27-12-21(27)15-34-16-27)30-25(10-20)28-18(3)14-32;1-13-6-7-15(10-16(13)21-28-18(2,3)19(4,5)29-21)25-17(27)26-9-8-14(12-26)11-20(22,23)24;1-8(5-17)15-12-3-10(14)2-11(16-12)13-4-9(13)6-18-7-13;1-9(2)10(3,4)14-11(13-9)8-5-6-12-7-8;11-7-1-8(13-9(12)2-7)10-3-6(10)4-14-5-10;10-7-3-8(12-9(11)4-7)6-1-2-13-5-6;6-3-1-4(7)9-5(8)2-3;1-3(4)2-5;1-5(2,3)4;;/h5-6,9-11,18-19,21,32H,4,7-8,12-16H2,1-3H3,(H,28,30)(H,29,33);6-7,10,14H,8-9,11-12H2,1-5H3,(H,25,27);2-3,8-9,17H,4-7H2,1H3,(H,15,16);5H,6-7H2,1-4H3;1-2,6H,3-5H2;1,3-4H,2,5H2;1-2H;3,5H,2,4H2,1H3;1-3H3;1H;1H2/q;;;;;;;;+1;;/p-1/t18-,19-,21?,27?;14-;8-,9?,13?;;;;;3-;;;/m101....1.../s1. The number of carbonyl (C=O) groups excluding carboxylic acids is 2. The fourth-order valence-corrected chi connectivity index (χ4v) is 19.1. The molecule has 3 aliphatic carbocycles. The number of carbonyl (C=O) groups is 2. The molecule has 9 aliphatic heterocycles. The van der Waals surface area contributed by atoms with Gasteiger partial charge in [0.05, 0.1) is 141 Å². The van der Waals surface area contributed by atoms with E-state index in [2.05, 4.69) is 101 Å². The van der Waals surface area contributed by atoms with Gasteiger partial charge in [0.1, 0.15) is 51.0 Å². The number of nitrogens with one attached hydrogen (secondary N) is 4. The molecule has 0 bridgehead atoms. The van der Waals surface area contributed by atoms with Crippen molar-refractivity contribution in [2.75, 3.05) is 152 Å². The quantitative estimate of drug-likeness (QED) is 0.0171. The van der Waals surface area contributed by atoms with Crippen LogP contribution in [0.3, 0.4) is 0 Å². The van der Waals surface area contributed by atoms with E-state index in [1.165, 1.54) is 17.0 Å². The highest BCUT2D eigenvalue weighted by atomic mass is 127. The van der Waals surface area contributed by atoms with Crippen LogP contribution in [0.5, 0.6) is 0 Å². The molecule has 4 amide bonds. The summed E-state index contributed by atoms with van der Waals surface area (Å²) in [5.74, 6) is 3.32. The van der Waals surface area contributed by atoms with Crippen LogP contribution in [-0.2, 0) is 72.7 Å². The molecule has 7 saturated heterocycles. The Kier molecular flexibility index (Phi) is 44.3. The van der Waals surface area contributed by atoms with Crippen LogP contribution in [-0.4, -0.2) is 254 Å². The SMILES string of the molecule is CC1(C)OB(C2=CCOC2)OC1(C)C.CC[C@@H]1CCN(C(=O)Nc2ccc(C)c(-c3cc(N[C@H](C)CO)nc(C45COCC4C5)c3)c2)C1.C[C@@H](N)CO.C[C@H](CO)Nc1cc(Cl)cc(C23COCC2C3)n1.C[S+](C)(C)=O.Cc1ccc(NC(=O)N2CC[C@@H](CC(F)(F)F)C2)cc1B1OC(C)(C)C(C)(C)O1.Clc1cc(Cl)nc(C23COCC2C3)c1.Clc1cc(Cl)nc(C2=CCOC2)c1.Clc1cc(Cl)nc(Cl)c1.S.[I-]. The van der Waals surface area contributed by atoms with E-state index in [0.29, 0.717) is 116 Å². The zero-order valence-corrected chi connectivity index (χ0v) is 94.1. The van der Waals surface area contributed by atoms with Crippen molar-refractivity contribution in [3.8, 4) is 11.1 Å². The Bertz CT molecular complexity index is 5480. The monoisotopic (exact) mass is 2290 g/mol. The van der Waals surface area contributed by atoms with Gasteiger partial charge in [0.25, 0.3) is 0 Å². The predicted octanol–water partition coefficient (Wildman–Crippen LogP) is 17.2. The Morgan fingerprint density at radius 1 is 0.531 bits per heavy atom.